The molecule has 174 valence electrons. The Bertz CT molecular complexity index is 1130. The normalized spacial score (nSPS) is 17.8. The molecule has 0 unspecified atom stereocenters. The Kier molecular flexibility index (Phi) is 7.28. The molecule has 1 atom stereocenters. The van der Waals surface area contributed by atoms with Gasteiger partial charge in [0.2, 0.25) is 15.9 Å². The number of sulfonamides is 1. The molecule has 2 aromatic carbocycles. The first-order valence-corrected chi connectivity index (χ1v) is 11.6. The van der Waals surface area contributed by atoms with Gasteiger partial charge in [0.15, 0.2) is 0 Å². The van der Waals surface area contributed by atoms with E-state index in [1.165, 1.54) is 31.4 Å². The van der Waals surface area contributed by atoms with Crippen LogP contribution in [0.15, 0.2) is 41.3 Å². The zero-order valence-electron chi connectivity index (χ0n) is 16.7. The molecule has 0 spiro atoms. The van der Waals surface area contributed by atoms with E-state index in [1.807, 2.05) is 0 Å². The zero-order valence-corrected chi connectivity index (χ0v) is 19.1. The Labute approximate surface area is 193 Å². The molecule has 1 amide bonds. The van der Waals surface area contributed by atoms with Crippen LogP contribution >= 0.6 is 23.2 Å². The molecule has 32 heavy (non-hydrogen) atoms. The number of methoxy groups -OCH3 is 1. The minimum Gasteiger partial charge on any atom is -0.495 e. The highest BCUT2D eigenvalue weighted by Crippen LogP contribution is 2.37. The summed E-state index contributed by atoms with van der Waals surface area (Å²) in [5.41, 5.74) is -1.15. The number of amides is 1. The molecule has 1 saturated heterocycles. The van der Waals surface area contributed by atoms with Crippen molar-refractivity contribution in [2.45, 2.75) is 23.9 Å². The van der Waals surface area contributed by atoms with Gasteiger partial charge in [-0.05, 0) is 49.2 Å². The van der Waals surface area contributed by atoms with Crippen molar-refractivity contribution in [1.29, 1.82) is 0 Å². The molecular weight excluding hydrogens is 492 g/mol. The van der Waals surface area contributed by atoms with E-state index < -0.39 is 38.6 Å². The maximum Gasteiger partial charge on any atom is 0.417 e. The summed E-state index contributed by atoms with van der Waals surface area (Å²) in [5, 5.41) is 2.15. The maximum atomic E-state index is 13.2. The summed E-state index contributed by atoms with van der Waals surface area (Å²) in [4.78, 5) is 12.6. The minimum atomic E-state index is -4.68. The number of carbonyl (C=O) groups excluding carboxylic acids is 1. The van der Waals surface area contributed by atoms with Crippen molar-refractivity contribution in [1.82, 2.24) is 4.31 Å². The zero-order chi connectivity index (χ0) is 23.7. The number of carbonyl (C=O) groups is 1. The van der Waals surface area contributed by atoms with Gasteiger partial charge in [0.1, 0.15) is 10.6 Å². The molecular formula is C20H19Cl2F3N2O4S. The molecule has 6 nitrogen and oxygen atoms in total. The van der Waals surface area contributed by atoms with E-state index in [0.717, 1.165) is 16.4 Å². The highest BCUT2D eigenvalue weighted by molar-refractivity contribution is 7.89. The molecule has 3 rings (SSSR count). The number of halogens is 5. The molecule has 1 fully saturated rings. The van der Waals surface area contributed by atoms with Gasteiger partial charge in [-0.2, -0.15) is 17.5 Å². The van der Waals surface area contributed by atoms with Gasteiger partial charge in [-0.25, -0.2) is 8.42 Å². The van der Waals surface area contributed by atoms with Gasteiger partial charge in [0.05, 0.1) is 23.6 Å². The summed E-state index contributed by atoms with van der Waals surface area (Å²) in [5.74, 6) is -1.23. The van der Waals surface area contributed by atoms with Crippen molar-refractivity contribution in [2.24, 2.45) is 5.92 Å². The predicted molar refractivity (Wildman–Crippen MR) is 115 cm³/mol. The van der Waals surface area contributed by atoms with E-state index >= 15 is 0 Å². The molecule has 0 bridgehead atoms. The molecule has 2 aromatic rings. The third-order valence-corrected chi connectivity index (χ3v) is 7.49. The van der Waals surface area contributed by atoms with Crippen molar-refractivity contribution in [3.63, 3.8) is 0 Å². The van der Waals surface area contributed by atoms with Gasteiger partial charge in [-0.1, -0.05) is 23.2 Å². The van der Waals surface area contributed by atoms with Gasteiger partial charge >= 0.3 is 6.18 Å². The summed E-state index contributed by atoms with van der Waals surface area (Å²) in [6.45, 7) is 0.0461. The fourth-order valence-electron chi connectivity index (χ4n) is 3.43. The number of ether oxygens (including phenoxy) is 1. The van der Waals surface area contributed by atoms with Crippen LogP contribution in [0.5, 0.6) is 5.75 Å². The van der Waals surface area contributed by atoms with Crippen LogP contribution in [-0.4, -0.2) is 38.8 Å². The lowest BCUT2D eigenvalue weighted by Gasteiger charge is -2.31. The van der Waals surface area contributed by atoms with Crippen LogP contribution in [0.25, 0.3) is 0 Å². The van der Waals surface area contributed by atoms with Crippen molar-refractivity contribution < 1.29 is 31.1 Å². The van der Waals surface area contributed by atoms with Crippen molar-refractivity contribution in [3.8, 4) is 5.75 Å². The average Bonchev–Trinajstić information content (AvgIpc) is 2.74. The molecule has 0 saturated carbocycles. The second kappa shape index (κ2) is 9.46. The quantitative estimate of drug-likeness (QED) is 0.609. The number of benzene rings is 2. The SMILES string of the molecule is COc1ccc(Cl)cc1S(=O)(=O)N1CCC[C@@H](C(=O)Nc2ccc(Cl)c(C(F)(F)F)c2)C1. The summed E-state index contributed by atoms with van der Waals surface area (Å²) < 4.78 is 71.8. The fraction of sp³-hybridized carbons (Fsp3) is 0.350. The summed E-state index contributed by atoms with van der Waals surface area (Å²) in [6, 6.07) is 7.24. The van der Waals surface area contributed by atoms with Gasteiger partial charge < -0.3 is 10.1 Å². The molecule has 0 aliphatic carbocycles. The summed E-state index contributed by atoms with van der Waals surface area (Å²) >= 11 is 11.6. The third-order valence-electron chi connectivity index (χ3n) is 5.04. The van der Waals surface area contributed by atoms with E-state index in [9.17, 15) is 26.4 Å². The Morgan fingerprint density at radius 2 is 1.91 bits per heavy atom. The Morgan fingerprint density at radius 1 is 1.19 bits per heavy atom. The number of rotatable bonds is 5. The number of hydrogen-bond donors (Lipinski definition) is 1. The van der Waals surface area contributed by atoms with Gasteiger partial charge in [0.25, 0.3) is 0 Å². The van der Waals surface area contributed by atoms with Crippen molar-refractivity contribution in [3.05, 3.63) is 52.0 Å². The number of nitrogens with zero attached hydrogens (tertiary/aromatic N) is 1. The Balaban J connectivity index is 1.79. The van der Waals surface area contributed by atoms with E-state index in [4.69, 9.17) is 27.9 Å². The van der Waals surface area contributed by atoms with Crippen LogP contribution in [0.2, 0.25) is 10.0 Å². The standard InChI is InChI=1S/C20H19Cl2F3N2O4S/c1-31-17-7-4-13(21)9-18(17)32(29,30)27-8-2-3-12(11-27)19(28)26-14-5-6-16(22)15(10-14)20(23,24)25/h4-7,9-10,12H,2-3,8,11H2,1H3,(H,26,28)/t12-/m1/s1. The first-order valence-electron chi connectivity index (χ1n) is 9.45. The van der Waals surface area contributed by atoms with Crippen molar-refractivity contribution in [2.75, 3.05) is 25.5 Å². The minimum absolute atomic E-state index is 0.0804. The Morgan fingerprint density at radius 3 is 2.56 bits per heavy atom. The molecule has 12 heteroatoms. The van der Waals surface area contributed by atoms with E-state index in [-0.39, 0.29) is 34.4 Å². The van der Waals surface area contributed by atoms with Gasteiger partial charge in [-0.3, -0.25) is 4.79 Å². The topological polar surface area (TPSA) is 75.7 Å². The summed E-state index contributed by atoms with van der Waals surface area (Å²) in [7, 11) is -2.69. The van der Waals surface area contributed by atoms with E-state index in [2.05, 4.69) is 5.32 Å². The predicted octanol–water partition coefficient (Wildman–Crippen LogP) is 5.06. The second-order valence-electron chi connectivity index (χ2n) is 7.18. The van der Waals surface area contributed by atoms with E-state index in [1.54, 1.807) is 0 Å². The van der Waals surface area contributed by atoms with Crippen LogP contribution in [0.4, 0.5) is 18.9 Å². The van der Waals surface area contributed by atoms with Crippen LogP contribution in [0.3, 0.4) is 0 Å². The second-order valence-corrected chi connectivity index (χ2v) is 9.93. The number of piperidine rings is 1. The Hall–Kier alpha value is -2.01. The fourth-order valence-corrected chi connectivity index (χ4v) is 5.60. The largest absolute Gasteiger partial charge is 0.495 e. The molecule has 1 N–H and O–H groups in total. The number of alkyl halides is 3. The van der Waals surface area contributed by atoms with Gasteiger partial charge in [-0.15, -0.1) is 0 Å². The lowest BCUT2D eigenvalue weighted by Crippen LogP contribution is -2.43. The molecule has 1 aliphatic rings. The molecule has 0 aromatic heterocycles. The van der Waals surface area contributed by atoms with Crippen molar-refractivity contribution >= 4 is 44.8 Å². The highest BCUT2D eigenvalue weighted by Gasteiger charge is 2.36. The highest BCUT2D eigenvalue weighted by atomic mass is 35.5. The number of nitrogens with one attached hydrogen (secondary N) is 1. The average molecular weight is 511 g/mol. The number of anilines is 1. The molecule has 0 radical (unpaired) electrons. The van der Waals surface area contributed by atoms with Gasteiger partial charge in [0, 0.05) is 23.8 Å². The van der Waals surface area contributed by atoms with Crippen LogP contribution in [0, 0.1) is 5.92 Å². The van der Waals surface area contributed by atoms with Crippen LogP contribution in [0.1, 0.15) is 18.4 Å². The lowest BCUT2D eigenvalue weighted by atomic mass is 9.98. The number of hydrogen-bond acceptors (Lipinski definition) is 4. The third kappa shape index (κ3) is 5.31. The summed E-state index contributed by atoms with van der Waals surface area (Å²) in [6.07, 6.45) is -3.90. The van der Waals surface area contributed by atoms with Crippen LogP contribution < -0.4 is 10.1 Å². The first-order chi connectivity index (χ1) is 14.9. The van der Waals surface area contributed by atoms with Crippen LogP contribution in [-0.2, 0) is 21.0 Å². The molecule has 1 aliphatic heterocycles. The molecule has 1 heterocycles. The maximum absolute atomic E-state index is 13.2. The monoisotopic (exact) mass is 510 g/mol. The first kappa shape index (κ1) is 24.6. The lowest BCUT2D eigenvalue weighted by molar-refractivity contribution is -0.137. The smallest absolute Gasteiger partial charge is 0.417 e. The van der Waals surface area contributed by atoms with E-state index in [0.29, 0.717) is 12.8 Å².